The first kappa shape index (κ1) is 16.4. The van der Waals surface area contributed by atoms with Gasteiger partial charge in [0.25, 0.3) is 0 Å². The summed E-state index contributed by atoms with van der Waals surface area (Å²) in [6, 6.07) is 0.0726. The molecular weight excluding hydrogens is 282 g/mol. The fraction of sp³-hybridized carbons (Fsp3) is 0.286. The van der Waals surface area contributed by atoms with Crippen LogP contribution >= 0.6 is 0 Å². The molecule has 0 fully saturated rings. The maximum absolute atomic E-state index is 13.5. The van der Waals surface area contributed by atoms with Crippen molar-refractivity contribution >= 4 is 17.7 Å². The first-order chi connectivity index (χ1) is 9.88. The minimum absolute atomic E-state index is 0.294. The topological polar surface area (TPSA) is 78.4 Å². The number of urea groups is 1. The van der Waals surface area contributed by atoms with Crippen LogP contribution in [-0.4, -0.2) is 23.1 Å². The number of halogens is 2. The van der Waals surface area contributed by atoms with Crippen molar-refractivity contribution < 1.29 is 23.5 Å². The standard InChI is InChI=1S/C14H14F2N2O3/c1-3-5-8(4-2)17-14(21)18-12-6-9(13(19)20)10(15)7-11(12)16/h1,6-8H,4-5H2,2H3,(H,19,20)(H2,17,18,21). The highest BCUT2D eigenvalue weighted by molar-refractivity contribution is 5.93. The van der Waals surface area contributed by atoms with E-state index in [1.807, 2.05) is 6.92 Å². The van der Waals surface area contributed by atoms with Gasteiger partial charge < -0.3 is 15.7 Å². The van der Waals surface area contributed by atoms with Crippen molar-refractivity contribution in [3.8, 4) is 12.3 Å². The number of carboxylic acid groups (broad SMARTS) is 1. The SMILES string of the molecule is C#CCC(CC)NC(=O)Nc1cc(C(=O)O)c(F)cc1F. The van der Waals surface area contributed by atoms with Crippen molar-refractivity contribution in [2.45, 2.75) is 25.8 Å². The molecule has 1 unspecified atom stereocenters. The van der Waals surface area contributed by atoms with Gasteiger partial charge in [0, 0.05) is 18.5 Å². The van der Waals surface area contributed by atoms with Crippen molar-refractivity contribution in [2.24, 2.45) is 0 Å². The third-order valence-electron chi connectivity index (χ3n) is 2.73. The average Bonchev–Trinajstić information content (AvgIpc) is 2.40. The van der Waals surface area contributed by atoms with Crippen molar-refractivity contribution in [1.82, 2.24) is 5.32 Å². The molecule has 0 aliphatic heterocycles. The number of carbonyl (C=O) groups is 2. The molecule has 1 aromatic carbocycles. The summed E-state index contributed by atoms with van der Waals surface area (Å²) in [4.78, 5) is 22.4. The lowest BCUT2D eigenvalue weighted by Gasteiger charge is -2.15. The number of benzene rings is 1. The molecule has 7 heteroatoms. The Morgan fingerprint density at radius 2 is 2.05 bits per heavy atom. The van der Waals surface area contributed by atoms with E-state index in [0.29, 0.717) is 25.0 Å². The van der Waals surface area contributed by atoms with E-state index in [1.54, 1.807) is 0 Å². The molecule has 0 saturated heterocycles. The first-order valence-electron chi connectivity index (χ1n) is 6.12. The molecule has 0 radical (unpaired) electrons. The van der Waals surface area contributed by atoms with Crippen LogP contribution in [0.5, 0.6) is 0 Å². The van der Waals surface area contributed by atoms with Crippen molar-refractivity contribution in [1.29, 1.82) is 0 Å². The van der Waals surface area contributed by atoms with Crippen LogP contribution in [0, 0.1) is 24.0 Å². The predicted octanol–water partition coefficient (Wildman–Crippen LogP) is 2.59. The Bertz CT molecular complexity index is 597. The minimum Gasteiger partial charge on any atom is -0.478 e. The summed E-state index contributed by atoms with van der Waals surface area (Å²) in [6.07, 6.45) is 6.01. The number of carbonyl (C=O) groups excluding carboxylic acids is 1. The maximum Gasteiger partial charge on any atom is 0.338 e. The van der Waals surface area contributed by atoms with Crippen LogP contribution in [0.2, 0.25) is 0 Å². The first-order valence-corrected chi connectivity index (χ1v) is 6.12. The molecule has 3 N–H and O–H groups in total. The number of carboxylic acids is 1. The van der Waals surface area contributed by atoms with E-state index in [9.17, 15) is 18.4 Å². The molecule has 0 saturated carbocycles. The second-order valence-corrected chi connectivity index (χ2v) is 4.23. The number of nitrogens with one attached hydrogen (secondary N) is 2. The molecule has 1 atom stereocenters. The smallest absolute Gasteiger partial charge is 0.338 e. The van der Waals surface area contributed by atoms with Gasteiger partial charge in [0.1, 0.15) is 11.6 Å². The Hall–Kier alpha value is -2.62. The highest BCUT2D eigenvalue weighted by atomic mass is 19.1. The summed E-state index contributed by atoms with van der Waals surface area (Å²) in [5.41, 5.74) is -1.16. The zero-order valence-electron chi connectivity index (χ0n) is 11.2. The summed E-state index contributed by atoms with van der Waals surface area (Å²) >= 11 is 0. The number of amides is 2. The van der Waals surface area contributed by atoms with Crippen LogP contribution in [0.4, 0.5) is 19.3 Å². The molecule has 1 rings (SSSR count). The Balaban J connectivity index is 2.88. The Morgan fingerprint density at radius 3 is 2.57 bits per heavy atom. The van der Waals surface area contributed by atoms with Gasteiger partial charge >= 0.3 is 12.0 Å². The highest BCUT2D eigenvalue weighted by Crippen LogP contribution is 2.19. The molecule has 0 spiro atoms. The van der Waals surface area contributed by atoms with Gasteiger partial charge in [-0.05, 0) is 12.5 Å². The van der Waals surface area contributed by atoms with Crippen LogP contribution in [0.15, 0.2) is 12.1 Å². The molecular formula is C14H14F2N2O3. The zero-order chi connectivity index (χ0) is 16.0. The van der Waals surface area contributed by atoms with Gasteiger partial charge in [-0.3, -0.25) is 0 Å². The molecule has 5 nitrogen and oxygen atoms in total. The third-order valence-corrected chi connectivity index (χ3v) is 2.73. The minimum atomic E-state index is -1.56. The normalized spacial score (nSPS) is 11.3. The van der Waals surface area contributed by atoms with Gasteiger partial charge in [0.05, 0.1) is 11.3 Å². The number of hydrogen-bond donors (Lipinski definition) is 3. The fourth-order valence-electron chi connectivity index (χ4n) is 1.59. The average molecular weight is 296 g/mol. The van der Waals surface area contributed by atoms with Crippen molar-refractivity contribution in [3.05, 3.63) is 29.3 Å². The summed E-state index contributed by atoms with van der Waals surface area (Å²) in [7, 11) is 0. The summed E-state index contributed by atoms with van der Waals surface area (Å²) in [5, 5.41) is 13.4. The lowest BCUT2D eigenvalue weighted by atomic mass is 10.1. The molecule has 0 aromatic heterocycles. The van der Waals surface area contributed by atoms with E-state index >= 15 is 0 Å². The van der Waals surface area contributed by atoms with Crippen LogP contribution < -0.4 is 10.6 Å². The third kappa shape index (κ3) is 4.45. The molecule has 0 aliphatic rings. The molecule has 0 bridgehead atoms. The second-order valence-electron chi connectivity index (χ2n) is 4.23. The van der Waals surface area contributed by atoms with Gasteiger partial charge in [-0.15, -0.1) is 12.3 Å². The van der Waals surface area contributed by atoms with Gasteiger partial charge in [0.15, 0.2) is 0 Å². The predicted molar refractivity (Wildman–Crippen MR) is 73.0 cm³/mol. The number of terminal acetylenes is 1. The van der Waals surface area contributed by atoms with Gasteiger partial charge in [-0.1, -0.05) is 6.92 Å². The van der Waals surface area contributed by atoms with Crippen LogP contribution in [0.1, 0.15) is 30.1 Å². The summed E-state index contributed by atoms with van der Waals surface area (Å²) in [5.74, 6) is -1.46. The number of aromatic carboxylic acids is 1. The van der Waals surface area contributed by atoms with E-state index in [4.69, 9.17) is 11.5 Å². The number of anilines is 1. The van der Waals surface area contributed by atoms with Crippen LogP contribution in [-0.2, 0) is 0 Å². The highest BCUT2D eigenvalue weighted by Gasteiger charge is 2.17. The molecule has 1 aromatic rings. The summed E-state index contributed by atoms with van der Waals surface area (Å²) < 4.78 is 26.7. The lowest BCUT2D eigenvalue weighted by Crippen LogP contribution is -2.37. The Kier molecular flexibility index (Phi) is 5.67. The number of hydrogen-bond acceptors (Lipinski definition) is 2. The van der Waals surface area contributed by atoms with Gasteiger partial charge in [-0.2, -0.15) is 0 Å². The number of rotatable bonds is 5. The van der Waals surface area contributed by atoms with Crippen molar-refractivity contribution in [3.63, 3.8) is 0 Å². The van der Waals surface area contributed by atoms with Crippen LogP contribution in [0.3, 0.4) is 0 Å². The van der Waals surface area contributed by atoms with Crippen LogP contribution in [0.25, 0.3) is 0 Å². The molecule has 112 valence electrons. The van der Waals surface area contributed by atoms with E-state index in [0.717, 1.165) is 0 Å². The largest absolute Gasteiger partial charge is 0.478 e. The maximum atomic E-state index is 13.5. The van der Waals surface area contributed by atoms with E-state index in [2.05, 4.69) is 16.6 Å². The quantitative estimate of drug-likeness (QED) is 0.731. The van der Waals surface area contributed by atoms with Gasteiger partial charge in [0.2, 0.25) is 0 Å². The molecule has 2 amide bonds. The fourth-order valence-corrected chi connectivity index (χ4v) is 1.59. The monoisotopic (exact) mass is 296 g/mol. The molecule has 0 heterocycles. The Labute approximate surface area is 120 Å². The molecule has 0 aliphatic carbocycles. The Morgan fingerprint density at radius 1 is 1.38 bits per heavy atom. The van der Waals surface area contributed by atoms with Gasteiger partial charge in [-0.25, -0.2) is 18.4 Å². The second kappa shape index (κ2) is 7.24. The van der Waals surface area contributed by atoms with E-state index in [-0.39, 0.29) is 6.04 Å². The lowest BCUT2D eigenvalue weighted by molar-refractivity contribution is 0.0692. The zero-order valence-corrected chi connectivity index (χ0v) is 11.2. The molecule has 21 heavy (non-hydrogen) atoms. The van der Waals surface area contributed by atoms with E-state index < -0.39 is 34.9 Å². The summed E-state index contributed by atoms with van der Waals surface area (Å²) in [6.45, 7) is 1.81. The van der Waals surface area contributed by atoms with Crippen molar-refractivity contribution in [2.75, 3.05) is 5.32 Å². The van der Waals surface area contributed by atoms with E-state index in [1.165, 1.54) is 0 Å².